The van der Waals surface area contributed by atoms with Crippen LogP contribution in [0.4, 0.5) is 0 Å². The van der Waals surface area contributed by atoms with E-state index in [1.807, 2.05) is 6.20 Å². The molecule has 2 rings (SSSR count). The average Bonchev–Trinajstić information content (AvgIpc) is 2.75. The molecule has 1 aromatic rings. The molecule has 16 heavy (non-hydrogen) atoms. The summed E-state index contributed by atoms with van der Waals surface area (Å²) in [5, 5.41) is 4.40. The molecule has 1 aliphatic heterocycles. The van der Waals surface area contributed by atoms with Crippen LogP contribution in [-0.4, -0.2) is 29.5 Å². The van der Waals surface area contributed by atoms with Gasteiger partial charge < -0.3 is 10.5 Å². The van der Waals surface area contributed by atoms with E-state index in [9.17, 15) is 0 Å². The first-order valence-electron chi connectivity index (χ1n) is 6.17. The van der Waals surface area contributed by atoms with E-state index < -0.39 is 0 Å². The van der Waals surface area contributed by atoms with Crippen molar-refractivity contribution >= 4 is 0 Å². The van der Waals surface area contributed by atoms with E-state index in [4.69, 9.17) is 10.5 Å². The zero-order chi connectivity index (χ0) is 11.2. The molecule has 0 aliphatic carbocycles. The molecule has 0 atom stereocenters. The van der Waals surface area contributed by atoms with E-state index in [1.54, 1.807) is 0 Å². The fourth-order valence-corrected chi connectivity index (χ4v) is 2.14. The molecule has 4 nitrogen and oxygen atoms in total. The van der Waals surface area contributed by atoms with Crippen LogP contribution in [0.1, 0.15) is 24.8 Å². The van der Waals surface area contributed by atoms with Gasteiger partial charge in [-0.1, -0.05) is 0 Å². The standard InChI is InChI=1S/C12H21N3O/c13-5-1-2-12-8-14-15(10-12)9-11-3-6-16-7-4-11/h8,10-11H,1-7,9,13H2. The Labute approximate surface area is 96.8 Å². The minimum atomic E-state index is 0.732. The molecule has 1 aromatic heterocycles. The smallest absolute Gasteiger partial charge is 0.0521 e. The van der Waals surface area contributed by atoms with Crippen molar-refractivity contribution in [1.29, 1.82) is 0 Å². The first-order valence-corrected chi connectivity index (χ1v) is 6.17. The van der Waals surface area contributed by atoms with Gasteiger partial charge in [0.05, 0.1) is 6.20 Å². The van der Waals surface area contributed by atoms with Gasteiger partial charge in [0.1, 0.15) is 0 Å². The molecular weight excluding hydrogens is 202 g/mol. The summed E-state index contributed by atoms with van der Waals surface area (Å²) < 4.78 is 7.42. The van der Waals surface area contributed by atoms with Crippen LogP contribution in [0, 0.1) is 5.92 Å². The van der Waals surface area contributed by atoms with Crippen molar-refractivity contribution < 1.29 is 4.74 Å². The van der Waals surface area contributed by atoms with Crippen molar-refractivity contribution in [2.75, 3.05) is 19.8 Å². The van der Waals surface area contributed by atoms with Gasteiger partial charge in [-0.2, -0.15) is 5.10 Å². The highest BCUT2D eigenvalue weighted by Crippen LogP contribution is 2.16. The van der Waals surface area contributed by atoms with E-state index in [0.29, 0.717) is 0 Å². The van der Waals surface area contributed by atoms with E-state index in [0.717, 1.165) is 57.9 Å². The molecule has 2 N–H and O–H groups in total. The third-order valence-corrected chi connectivity index (χ3v) is 3.14. The summed E-state index contributed by atoms with van der Waals surface area (Å²) in [5.41, 5.74) is 6.79. The van der Waals surface area contributed by atoms with Crippen molar-refractivity contribution in [3.8, 4) is 0 Å². The van der Waals surface area contributed by atoms with Gasteiger partial charge in [0, 0.05) is 26.0 Å². The van der Waals surface area contributed by atoms with E-state index in [-0.39, 0.29) is 0 Å². The summed E-state index contributed by atoms with van der Waals surface area (Å²) in [6.45, 7) is 3.61. The fourth-order valence-electron chi connectivity index (χ4n) is 2.14. The quantitative estimate of drug-likeness (QED) is 0.816. The highest BCUT2D eigenvalue weighted by Gasteiger charge is 2.14. The Morgan fingerprint density at radius 3 is 3.00 bits per heavy atom. The molecule has 0 amide bonds. The molecule has 0 bridgehead atoms. The Morgan fingerprint density at radius 2 is 2.25 bits per heavy atom. The Kier molecular flexibility index (Phi) is 4.36. The van der Waals surface area contributed by atoms with Gasteiger partial charge in [0.25, 0.3) is 0 Å². The lowest BCUT2D eigenvalue weighted by atomic mass is 10.0. The second-order valence-electron chi connectivity index (χ2n) is 4.52. The maximum atomic E-state index is 5.49. The van der Waals surface area contributed by atoms with Crippen molar-refractivity contribution in [3.05, 3.63) is 18.0 Å². The van der Waals surface area contributed by atoms with Crippen LogP contribution in [-0.2, 0) is 17.7 Å². The van der Waals surface area contributed by atoms with Crippen LogP contribution in [0.3, 0.4) is 0 Å². The topological polar surface area (TPSA) is 53.1 Å². The zero-order valence-electron chi connectivity index (χ0n) is 9.77. The van der Waals surface area contributed by atoms with Crippen molar-refractivity contribution in [2.45, 2.75) is 32.2 Å². The molecule has 4 heteroatoms. The number of ether oxygens (including phenoxy) is 1. The van der Waals surface area contributed by atoms with Crippen LogP contribution in [0.15, 0.2) is 12.4 Å². The maximum Gasteiger partial charge on any atom is 0.0521 e. The molecule has 0 aromatic carbocycles. The number of hydrogen-bond acceptors (Lipinski definition) is 3. The second kappa shape index (κ2) is 6.01. The number of aromatic nitrogens is 2. The largest absolute Gasteiger partial charge is 0.381 e. The summed E-state index contributed by atoms with van der Waals surface area (Å²) >= 11 is 0. The molecule has 90 valence electrons. The molecule has 0 spiro atoms. The molecule has 2 heterocycles. The molecule has 0 unspecified atom stereocenters. The van der Waals surface area contributed by atoms with E-state index >= 15 is 0 Å². The minimum absolute atomic E-state index is 0.732. The third kappa shape index (κ3) is 3.32. The van der Waals surface area contributed by atoms with Gasteiger partial charge in [0.15, 0.2) is 0 Å². The minimum Gasteiger partial charge on any atom is -0.381 e. The highest BCUT2D eigenvalue weighted by molar-refractivity contribution is 5.03. The van der Waals surface area contributed by atoms with Crippen molar-refractivity contribution in [2.24, 2.45) is 11.7 Å². The predicted octanol–water partition coefficient (Wildman–Crippen LogP) is 1.20. The number of rotatable bonds is 5. The third-order valence-electron chi connectivity index (χ3n) is 3.14. The van der Waals surface area contributed by atoms with Crippen LogP contribution >= 0.6 is 0 Å². The normalized spacial score (nSPS) is 17.8. The van der Waals surface area contributed by atoms with Gasteiger partial charge in [0.2, 0.25) is 0 Å². The lowest BCUT2D eigenvalue weighted by molar-refractivity contribution is 0.0601. The second-order valence-corrected chi connectivity index (χ2v) is 4.52. The number of nitrogens with zero attached hydrogens (tertiary/aromatic N) is 2. The first kappa shape index (κ1) is 11.6. The van der Waals surface area contributed by atoms with Crippen molar-refractivity contribution in [3.63, 3.8) is 0 Å². The number of hydrogen-bond donors (Lipinski definition) is 1. The first-order chi connectivity index (χ1) is 7.88. The monoisotopic (exact) mass is 223 g/mol. The summed E-state index contributed by atoms with van der Waals surface area (Å²) in [5.74, 6) is 0.732. The zero-order valence-corrected chi connectivity index (χ0v) is 9.77. The Balaban J connectivity index is 1.81. The maximum absolute atomic E-state index is 5.49. The van der Waals surface area contributed by atoms with Gasteiger partial charge in [-0.25, -0.2) is 0 Å². The van der Waals surface area contributed by atoms with Crippen LogP contribution in [0.25, 0.3) is 0 Å². The van der Waals surface area contributed by atoms with Crippen LogP contribution in [0.2, 0.25) is 0 Å². The van der Waals surface area contributed by atoms with Gasteiger partial charge in [-0.15, -0.1) is 0 Å². The fraction of sp³-hybridized carbons (Fsp3) is 0.750. The SMILES string of the molecule is NCCCc1cnn(CC2CCOCC2)c1. The molecular formula is C12H21N3O. The Bertz CT molecular complexity index is 305. The lowest BCUT2D eigenvalue weighted by Crippen LogP contribution is -2.20. The van der Waals surface area contributed by atoms with Crippen molar-refractivity contribution in [1.82, 2.24) is 9.78 Å². The summed E-state index contributed by atoms with van der Waals surface area (Å²) in [6, 6.07) is 0. The molecule has 1 fully saturated rings. The Morgan fingerprint density at radius 1 is 1.44 bits per heavy atom. The molecule has 0 saturated carbocycles. The summed E-state index contributed by atoms with van der Waals surface area (Å²) in [7, 11) is 0. The molecule has 0 radical (unpaired) electrons. The summed E-state index contributed by atoms with van der Waals surface area (Å²) in [6.07, 6.45) is 8.54. The van der Waals surface area contributed by atoms with Gasteiger partial charge >= 0.3 is 0 Å². The van der Waals surface area contributed by atoms with E-state index in [1.165, 1.54) is 5.56 Å². The van der Waals surface area contributed by atoms with Gasteiger partial charge in [-0.05, 0) is 43.7 Å². The number of nitrogens with two attached hydrogens (primary N) is 1. The number of aryl methyl sites for hydroxylation is 1. The van der Waals surface area contributed by atoms with Gasteiger partial charge in [-0.3, -0.25) is 4.68 Å². The Hall–Kier alpha value is -0.870. The molecule has 1 aliphatic rings. The molecule has 1 saturated heterocycles. The van der Waals surface area contributed by atoms with Crippen LogP contribution < -0.4 is 5.73 Å². The van der Waals surface area contributed by atoms with Crippen LogP contribution in [0.5, 0.6) is 0 Å². The van der Waals surface area contributed by atoms with E-state index in [2.05, 4.69) is 16.0 Å². The predicted molar refractivity (Wildman–Crippen MR) is 63.1 cm³/mol. The highest BCUT2D eigenvalue weighted by atomic mass is 16.5. The summed E-state index contributed by atoms with van der Waals surface area (Å²) in [4.78, 5) is 0. The average molecular weight is 223 g/mol. The lowest BCUT2D eigenvalue weighted by Gasteiger charge is -2.21.